The molecule has 8 nitrogen and oxygen atoms in total. The number of halogens is 1. The number of anilines is 2. The molecule has 3 rings (SSSR count). The number of para-hydroxylation sites is 2. The molecule has 0 spiro atoms. The molecule has 2 atom stereocenters. The van der Waals surface area contributed by atoms with Gasteiger partial charge in [-0.15, -0.1) is 0 Å². The van der Waals surface area contributed by atoms with E-state index in [2.05, 4.69) is 5.32 Å². The summed E-state index contributed by atoms with van der Waals surface area (Å²) in [6.07, 6.45) is 0.302. The van der Waals surface area contributed by atoms with Crippen LogP contribution < -0.4 is 10.2 Å². The molecule has 0 heterocycles. The number of nitrogens with zero attached hydrogens (tertiary/aromatic N) is 3. The van der Waals surface area contributed by atoms with Gasteiger partial charge in [0.2, 0.25) is 0 Å². The molecular formula is C28H31ClN4O4. The van der Waals surface area contributed by atoms with E-state index < -0.39 is 30.1 Å². The van der Waals surface area contributed by atoms with E-state index in [1.54, 1.807) is 74.6 Å². The average molecular weight is 523 g/mol. The van der Waals surface area contributed by atoms with Crippen LogP contribution in [0.2, 0.25) is 5.02 Å². The number of hydrogen-bond donors (Lipinski definition) is 2. The summed E-state index contributed by atoms with van der Waals surface area (Å²) < 4.78 is 0. The van der Waals surface area contributed by atoms with Crippen LogP contribution in [0, 0.1) is 0 Å². The first-order valence-electron chi connectivity index (χ1n) is 11.9. The molecule has 3 aromatic rings. The monoisotopic (exact) mass is 522 g/mol. The Morgan fingerprint density at radius 2 is 1.38 bits per heavy atom. The lowest BCUT2D eigenvalue weighted by molar-refractivity contribution is -0.140. The Hall–Kier alpha value is -4.04. The number of carbonyl (C=O) groups excluding carboxylic acids is 2. The summed E-state index contributed by atoms with van der Waals surface area (Å²) >= 11 is 6.24. The predicted octanol–water partition coefficient (Wildman–Crippen LogP) is 5.60. The summed E-state index contributed by atoms with van der Waals surface area (Å²) in [5, 5.41) is 13.3. The van der Waals surface area contributed by atoms with E-state index in [1.165, 1.54) is 21.7 Å². The third-order valence-corrected chi connectivity index (χ3v) is 6.44. The van der Waals surface area contributed by atoms with Gasteiger partial charge in [0.1, 0.15) is 6.04 Å². The Morgan fingerprint density at radius 3 is 1.86 bits per heavy atom. The zero-order valence-electron chi connectivity index (χ0n) is 21.0. The molecule has 194 valence electrons. The zero-order valence-corrected chi connectivity index (χ0v) is 21.8. The standard InChI is InChI=1S/C28H31ClN4O4/c1-4-24(32(3)28(37)31(2)19-20-13-11-12-18-23(20)29)25(26(34)35)30-27(36)33(21-14-7-5-8-15-21)22-16-9-6-10-17-22/h5-18,24-25H,4,19H2,1-3H3,(H,30,36)(H,34,35)/t24-,25+/m1/s1. The largest absolute Gasteiger partial charge is 0.480 e. The van der Waals surface area contributed by atoms with Crippen molar-refractivity contribution in [2.75, 3.05) is 19.0 Å². The maximum atomic E-state index is 13.5. The number of benzene rings is 3. The van der Waals surface area contributed by atoms with Crippen LogP contribution in [0.25, 0.3) is 0 Å². The van der Waals surface area contributed by atoms with Crippen LogP contribution in [-0.4, -0.2) is 59.1 Å². The van der Waals surface area contributed by atoms with Gasteiger partial charge in [0, 0.05) is 25.7 Å². The van der Waals surface area contributed by atoms with Gasteiger partial charge >= 0.3 is 18.0 Å². The lowest BCUT2D eigenvalue weighted by Crippen LogP contribution is -2.59. The number of aliphatic carboxylic acids is 1. The van der Waals surface area contributed by atoms with Gasteiger partial charge in [-0.3, -0.25) is 4.90 Å². The molecule has 0 aliphatic rings. The highest BCUT2D eigenvalue weighted by molar-refractivity contribution is 6.31. The number of hydrogen-bond acceptors (Lipinski definition) is 3. The molecule has 3 aromatic carbocycles. The Kier molecular flexibility index (Phi) is 9.51. The molecule has 0 bridgehead atoms. The van der Waals surface area contributed by atoms with Crippen molar-refractivity contribution in [1.82, 2.24) is 15.1 Å². The zero-order chi connectivity index (χ0) is 26.9. The molecule has 9 heteroatoms. The van der Waals surface area contributed by atoms with Gasteiger partial charge in [-0.1, -0.05) is 73.1 Å². The third kappa shape index (κ3) is 6.80. The smallest absolute Gasteiger partial charge is 0.328 e. The first-order chi connectivity index (χ1) is 17.7. The highest BCUT2D eigenvalue weighted by Gasteiger charge is 2.36. The van der Waals surface area contributed by atoms with Gasteiger partial charge in [-0.25, -0.2) is 14.4 Å². The summed E-state index contributed by atoms with van der Waals surface area (Å²) in [4.78, 5) is 43.3. The van der Waals surface area contributed by atoms with Gasteiger partial charge < -0.3 is 20.2 Å². The molecule has 37 heavy (non-hydrogen) atoms. The van der Waals surface area contributed by atoms with Crippen molar-refractivity contribution >= 4 is 41.0 Å². The van der Waals surface area contributed by atoms with E-state index in [-0.39, 0.29) is 6.54 Å². The molecule has 0 aliphatic heterocycles. The van der Waals surface area contributed by atoms with Gasteiger partial charge in [0.05, 0.1) is 17.4 Å². The van der Waals surface area contributed by atoms with Crippen LogP contribution >= 0.6 is 11.6 Å². The summed E-state index contributed by atoms with van der Waals surface area (Å²) in [7, 11) is 3.16. The maximum Gasteiger partial charge on any atom is 0.328 e. The number of carboxylic acid groups (broad SMARTS) is 1. The van der Waals surface area contributed by atoms with Crippen molar-refractivity contribution in [2.45, 2.75) is 32.0 Å². The number of likely N-dealkylation sites (N-methyl/N-ethyl adjacent to an activating group) is 1. The Balaban J connectivity index is 1.83. The number of rotatable bonds is 9. The molecule has 0 aliphatic carbocycles. The predicted molar refractivity (Wildman–Crippen MR) is 145 cm³/mol. The van der Waals surface area contributed by atoms with Crippen LogP contribution in [0.3, 0.4) is 0 Å². The van der Waals surface area contributed by atoms with Gasteiger partial charge in [-0.2, -0.15) is 0 Å². The van der Waals surface area contributed by atoms with Crippen LogP contribution in [0.5, 0.6) is 0 Å². The quantitative estimate of drug-likeness (QED) is 0.382. The van der Waals surface area contributed by atoms with Crippen molar-refractivity contribution in [3.63, 3.8) is 0 Å². The topological polar surface area (TPSA) is 93.2 Å². The maximum absolute atomic E-state index is 13.5. The van der Waals surface area contributed by atoms with Crippen molar-refractivity contribution in [3.05, 3.63) is 95.5 Å². The molecule has 0 saturated carbocycles. The van der Waals surface area contributed by atoms with Crippen molar-refractivity contribution in [1.29, 1.82) is 0 Å². The second-order valence-corrected chi connectivity index (χ2v) is 9.00. The average Bonchev–Trinajstić information content (AvgIpc) is 2.90. The second-order valence-electron chi connectivity index (χ2n) is 8.59. The van der Waals surface area contributed by atoms with E-state index in [0.717, 1.165) is 5.56 Å². The number of amides is 4. The fraction of sp³-hybridized carbons (Fsp3) is 0.250. The van der Waals surface area contributed by atoms with Gasteiger partial charge in [0.15, 0.2) is 0 Å². The van der Waals surface area contributed by atoms with Crippen LogP contribution in [0.1, 0.15) is 18.9 Å². The van der Waals surface area contributed by atoms with Crippen LogP contribution in [0.4, 0.5) is 21.0 Å². The summed E-state index contributed by atoms with van der Waals surface area (Å²) in [6, 6.07) is 21.9. The number of carboxylic acids is 1. The van der Waals surface area contributed by atoms with Gasteiger partial charge in [-0.05, 0) is 42.3 Å². The molecule has 2 N–H and O–H groups in total. The molecule has 0 unspecified atom stereocenters. The summed E-state index contributed by atoms with van der Waals surface area (Å²) in [5.41, 5.74) is 1.92. The summed E-state index contributed by atoms with van der Waals surface area (Å²) in [6.45, 7) is 2.02. The van der Waals surface area contributed by atoms with Gasteiger partial charge in [0.25, 0.3) is 0 Å². The van der Waals surface area contributed by atoms with Crippen molar-refractivity contribution in [3.8, 4) is 0 Å². The Bertz CT molecular complexity index is 1170. The SMILES string of the molecule is CC[C@H]([C@H](NC(=O)N(c1ccccc1)c1ccccc1)C(=O)O)N(C)C(=O)N(C)Cc1ccccc1Cl. The minimum absolute atomic E-state index is 0.249. The fourth-order valence-electron chi connectivity index (χ4n) is 4.15. The first-order valence-corrected chi connectivity index (χ1v) is 12.3. The van der Waals surface area contributed by atoms with Crippen molar-refractivity contribution in [2.24, 2.45) is 0 Å². The molecule has 4 amide bonds. The molecule has 0 aromatic heterocycles. The highest BCUT2D eigenvalue weighted by atomic mass is 35.5. The number of carbonyl (C=O) groups is 3. The number of nitrogens with one attached hydrogen (secondary N) is 1. The van der Waals surface area contributed by atoms with Crippen molar-refractivity contribution < 1.29 is 19.5 Å². The molecular weight excluding hydrogens is 492 g/mol. The van der Waals surface area contributed by atoms with E-state index in [9.17, 15) is 19.5 Å². The van der Waals surface area contributed by atoms with E-state index in [0.29, 0.717) is 22.8 Å². The van der Waals surface area contributed by atoms with E-state index in [4.69, 9.17) is 11.6 Å². The Labute approximate surface area is 222 Å². The Morgan fingerprint density at radius 1 is 0.865 bits per heavy atom. The highest BCUT2D eigenvalue weighted by Crippen LogP contribution is 2.25. The normalized spacial score (nSPS) is 12.2. The molecule has 0 fully saturated rings. The van der Waals surface area contributed by atoms with E-state index >= 15 is 0 Å². The number of urea groups is 2. The third-order valence-electron chi connectivity index (χ3n) is 6.07. The lowest BCUT2D eigenvalue weighted by atomic mass is 10.0. The minimum Gasteiger partial charge on any atom is -0.480 e. The first kappa shape index (κ1) is 27.5. The fourth-order valence-corrected chi connectivity index (χ4v) is 4.35. The molecule has 0 radical (unpaired) electrons. The summed E-state index contributed by atoms with van der Waals surface area (Å²) in [5.74, 6) is -1.24. The van der Waals surface area contributed by atoms with Crippen LogP contribution in [-0.2, 0) is 11.3 Å². The lowest BCUT2D eigenvalue weighted by Gasteiger charge is -2.35. The minimum atomic E-state index is -1.35. The van der Waals surface area contributed by atoms with E-state index in [1.807, 2.05) is 24.3 Å². The second kappa shape index (κ2) is 12.8. The molecule has 0 saturated heterocycles. The van der Waals surface area contributed by atoms with Crippen LogP contribution in [0.15, 0.2) is 84.9 Å².